The number of nitrogens with one attached hydrogen (secondary N) is 1. The Morgan fingerprint density at radius 2 is 2.12 bits per heavy atom. The summed E-state index contributed by atoms with van der Waals surface area (Å²) in [7, 11) is -0.729. The summed E-state index contributed by atoms with van der Waals surface area (Å²) < 4.78 is 26.3. The van der Waals surface area contributed by atoms with Gasteiger partial charge in [-0.15, -0.1) is 22.0 Å². The number of carbonyl (C=O) groups excluding carboxylic acids is 1. The van der Waals surface area contributed by atoms with Gasteiger partial charge in [0.2, 0.25) is 9.47 Å². The fourth-order valence-electron chi connectivity index (χ4n) is 1.77. The summed E-state index contributed by atoms with van der Waals surface area (Å²) in [6.45, 7) is 2.54. The summed E-state index contributed by atoms with van der Waals surface area (Å²) in [6, 6.07) is -0.360. The smallest absolute Gasteiger partial charge is 0.323 e. The molecule has 0 aliphatic carbocycles. The Balaban J connectivity index is 2.13. The number of hydrogen-bond donors (Lipinski definition) is 1. The first kappa shape index (κ1) is 18.9. The molecule has 1 aromatic rings. The Kier molecular flexibility index (Phi) is 6.38. The summed E-state index contributed by atoms with van der Waals surface area (Å²) in [4.78, 5) is 14.0. The van der Waals surface area contributed by atoms with Crippen molar-refractivity contribution in [2.24, 2.45) is 0 Å². The van der Waals surface area contributed by atoms with Crippen LogP contribution in [0.3, 0.4) is 0 Å². The van der Waals surface area contributed by atoms with Gasteiger partial charge in [-0.25, -0.2) is 13.2 Å². The van der Waals surface area contributed by atoms with E-state index in [1.807, 2.05) is 18.2 Å². The highest BCUT2D eigenvalue weighted by atomic mass is 32.2. The zero-order valence-electron chi connectivity index (χ0n) is 13.6. The maximum absolute atomic E-state index is 12.6. The minimum absolute atomic E-state index is 0.131. The number of likely N-dealkylation sites (N-methyl/N-ethyl adjacent to an activating group) is 1. The molecule has 11 heteroatoms. The molecule has 1 aliphatic heterocycles. The van der Waals surface area contributed by atoms with Gasteiger partial charge in [0, 0.05) is 37.8 Å². The predicted octanol–water partition coefficient (Wildman–Crippen LogP) is 1.51. The first-order valence-electron chi connectivity index (χ1n) is 7.16. The van der Waals surface area contributed by atoms with E-state index in [0.717, 1.165) is 22.0 Å². The quantitative estimate of drug-likeness (QED) is 0.741. The third-order valence-corrected chi connectivity index (χ3v) is 7.25. The molecular formula is C13H19N5O3S3. The molecule has 1 N–H and O–H groups in total. The van der Waals surface area contributed by atoms with Crippen LogP contribution in [0, 0.1) is 0 Å². The van der Waals surface area contributed by atoms with Crippen molar-refractivity contribution < 1.29 is 13.2 Å². The molecule has 0 fully saturated rings. The highest BCUT2D eigenvalue weighted by Crippen LogP contribution is 2.27. The molecule has 8 nitrogen and oxygen atoms in total. The molecule has 0 aromatic carbocycles. The number of hydrogen-bond acceptors (Lipinski definition) is 7. The second kappa shape index (κ2) is 8.10. The van der Waals surface area contributed by atoms with Crippen LogP contribution in [0.15, 0.2) is 27.5 Å². The van der Waals surface area contributed by atoms with Crippen LogP contribution < -0.4 is 10.2 Å². The zero-order chi connectivity index (χ0) is 17.7. The second-order valence-electron chi connectivity index (χ2n) is 4.88. The Morgan fingerprint density at radius 1 is 1.38 bits per heavy atom. The Bertz CT molecular complexity index is 757. The molecule has 0 spiro atoms. The van der Waals surface area contributed by atoms with Crippen LogP contribution in [0.5, 0.6) is 0 Å². The van der Waals surface area contributed by atoms with Crippen molar-refractivity contribution in [1.82, 2.24) is 19.8 Å². The van der Waals surface area contributed by atoms with Gasteiger partial charge in [0.25, 0.3) is 10.0 Å². The van der Waals surface area contributed by atoms with Crippen LogP contribution in [0.1, 0.15) is 6.92 Å². The maximum Gasteiger partial charge on any atom is 0.323 e. The lowest BCUT2D eigenvalue weighted by atomic mass is 10.4. The molecule has 24 heavy (non-hydrogen) atoms. The first-order chi connectivity index (χ1) is 11.4. The van der Waals surface area contributed by atoms with E-state index in [2.05, 4.69) is 15.5 Å². The van der Waals surface area contributed by atoms with Gasteiger partial charge in [-0.2, -0.15) is 4.31 Å². The molecule has 0 atom stereocenters. The number of anilines is 1. The maximum atomic E-state index is 12.6. The van der Waals surface area contributed by atoms with Crippen molar-refractivity contribution in [3.05, 3.63) is 23.1 Å². The van der Waals surface area contributed by atoms with Crippen LogP contribution in [-0.2, 0) is 10.0 Å². The fraction of sp³-hybridized carbons (Fsp3) is 0.462. The lowest BCUT2D eigenvalue weighted by Gasteiger charge is -2.17. The molecular weight excluding hydrogens is 370 g/mol. The number of amides is 2. The molecule has 2 rings (SSSR count). The number of nitrogens with zero attached hydrogens (tertiary/aromatic N) is 4. The molecule has 1 aliphatic rings. The molecule has 0 unspecified atom stereocenters. The molecule has 132 valence electrons. The van der Waals surface area contributed by atoms with E-state index < -0.39 is 10.0 Å². The molecule has 0 bridgehead atoms. The molecule has 0 saturated heterocycles. The third-order valence-electron chi connectivity index (χ3n) is 3.11. The topological polar surface area (TPSA) is 95.5 Å². The third kappa shape index (κ3) is 4.35. The highest BCUT2D eigenvalue weighted by molar-refractivity contribution is 8.03. The van der Waals surface area contributed by atoms with E-state index >= 15 is 0 Å². The zero-order valence-corrected chi connectivity index (χ0v) is 16.0. The predicted molar refractivity (Wildman–Crippen MR) is 96.9 cm³/mol. The first-order valence-corrected chi connectivity index (χ1v) is 10.4. The number of rotatable bonds is 6. The SMILES string of the molecule is CCNC(=O)N(C)c1nnc(S(=O)(=O)N(C)CC2=CC=CCS2)s1. The van der Waals surface area contributed by atoms with Crippen molar-refractivity contribution in [1.29, 1.82) is 0 Å². The van der Waals surface area contributed by atoms with E-state index in [0.29, 0.717) is 6.54 Å². The standard InChI is InChI=1S/C13H19N5O3S3/c1-4-14-11(19)18(3)12-15-16-13(23-12)24(20,21)17(2)9-10-7-5-6-8-22-10/h5-7H,4,8-9H2,1-3H3,(H,14,19). The minimum atomic E-state index is -3.75. The van der Waals surface area contributed by atoms with E-state index in [4.69, 9.17) is 0 Å². The van der Waals surface area contributed by atoms with Gasteiger partial charge >= 0.3 is 6.03 Å². The van der Waals surface area contributed by atoms with Crippen molar-refractivity contribution in [3.63, 3.8) is 0 Å². The lowest BCUT2D eigenvalue weighted by Crippen LogP contribution is -2.36. The largest absolute Gasteiger partial charge is 0.338 e. The number of carbonyl (C=O) groups is 1. The number of aromatic nitrogens is 2. The van der Waals surface area contributed by atoms with Crippen molar-refractivity contribution in [3.8, 4) is 0 Å². The number of urea groups is 1. The monoisotopic (exact) mass is 389 g/mol. The highest BCUT2D eigenvalue weighted by Gasteiger charge is 2.28. The van der Waals surface area contributed by atoms with Gasteiger partial charge < -0.3 is 5.32 Å². The summed E-state index contributed by atoms with van der Waals surface area (Å²) in [6.07, 6.45) is 5.82. The Labute approximate surface area is 149 Å². The molecule has 1 aromatic heterocycles. The van der Waals surface area contributed by atoms with E-state index in [1.54, 1.807) is 18.7 Å². The summed E-state index contributed by atoms with van der Waals surface area (Å²) in [5.41, 5.74) is 0. The van der Waals surface area contributed by atoms with E-state index in [9.17, 15) is 13.2 Å². The van der Waals surface area contributed by atoms with Crippen molar-refractivity contribution in [2.45, 2.75) is 11.3 Å². The molecule has 0 radical (unpaired) electrons. The number of sulfonamides is 1. The average Bonchev–Trinajstić information content (AvgIpc) is 3.06. The number of thioether (sulfide) groups is 1. The van der Waals surface area contributed by atoms with E-state index in [-0.39, 0.29) is 22.0 Å². The van der Waals surface area contributed by atoms with Crippen LogP contribution >= 0.6 is 23.1 Å². The van der Waals surface area contributed by atoms with Crippen LogP contribution in [0.2, 0.25) is 0 Å². The summed E-state index contributed by atoms with van der Waals surface area (Å²) in [5.74, 6) is 0.833. The van der Waals surface area contributed by atoms with Gasteiger partial charge in [-0.3, -0.25) is 4.90 Å². The van der Waals surface area contributed by atoms with Crippen LogP contribution in [-0.4, -0.2) is 61.9 Å². The van der Waals surface area contributed by atoms with Crippen LogP contribution in [0.4, 0.5) is 9.93 Å². The van der Waals surface area contributed by atoms with Crippen molar-refractivity contribution in [2.75, 3.05) is 37.8 Å². The number of allylic oxidation sites excluding steroid dienone is 2. The van der Waals surface area contributed by atoms with E-state index in [1.165, 1.54) is 23.3 Å². The summed E-state index contributed by atoms with van der Waals surface area (Å²) >= 11 is 2.46. The van der Waals surface area contributed by atoms with Gasteiger partial charge in [0.05, 0.1) is 0 Å². The van der Waals surface area contributed by atoms with Crippen molar-refractivity contribution >= 4 is 44.3 Å². The van der Waals surface area contributed by atoms with Gasteiger partial charge in [-0.1, -0.05) is 29.6 Å². The minimum Gasteiger partial charge on any atom is -0.338 e. The summed E-state index contributed by atoms with van der Waals surface area (Å²) in [5, 5.41) is 10.4. The fourth-order valence-corrected chi connectivity index (χ4v) is 5.02. The average molecular weight is 390 g/mol. The van der Waals surface area contributed by atoms with Gasteiger partial charge in [-0.05, 0) is 6.92 Å². The Morgan fingerprint density at radius 3 is 2.75 bits per heavy atom. The Hall–Kier alpha value is -1.43. The lowest BCUT2D eigenvalue weighted by molar-refractivity contribution is 0.248. The second-order valence-corrected chi connectivity index (χ2v) is 9.20. The van der Waals surface area contributed by atoms with Gasteiger partial charge in [0.15, 0.2) is 0 Å². The van der Waals surface area contributed by atoms with Crippen LogP contribution in [0.25, 0.3) is 0 Å². The normalized spacial score (nSPS) is 14.6. The van der Waals surface area contributed by atoms with Gasteiger partial charge in [0.1, 0.15) is 0 Å². The molecule has 2 amide bonds. The molecule has 2 heterocycles. The molecule has 0 saturated carbocycles.